The van der Waals surface area contributed by atoms with Crippen LogP contribution in [0.4, 0.5) is 11.4 Å². The van der Waals surface area contributed by atoms with E-state index in [2.05, 4.69) is 210 Å². The largest absolute Gasteiger partial charge is 0.355 e. The van der Waals surface area contributed by atoms with Crippen molar-refractivity contribution >= 4 is 76.8 Å². The summed E-state index contributed by atoms with van der Waals surface area (Å²) < 4.78 is 5.10. The third-order valence-electron chi connectivity index (χ3n) is 10.2. The van der Waals surface area contributed by atoms with Crippen LogP contribution in [0.3, 0.4) is 0 Å². The van der Waals surface area contributed by atoms with Crippen molar-refractivity contribution in [3.63, 3.8) is 0 Å². The summed E-state index contributed by atoms with van der Waals surface area (Å²) in [4.78, 5) is 0. The maximum Gasteiger partial charge on any atom is 0.0634 e. The Morgan fingerprint density at radius 2 is 1.15 bits per heavy atom. The summed E-state index contributed by atoms with van der Waals surface area (Å²) in [6.45, 7) is 0. The number of para-hydroxylation sites is 2. The quantitative estimate of drug-likeness (QED) is 0.164. The first-order valence-corrected chi connectivity index (χ1v) is 18.8. The van der Waals surface area contributed by atoms with Crippen molar-refractivity contribution in [1.29, 1.82) is 0 Å². The van der Waals surface area contributed by atoms with Crippen molar-refractivity contribution in [2.45, 2.75) is 0 Å². The fraction of sp³-hybridized carbons (Fsp3) is 0. The number of hydrogen-bond donors (Lipinski definition) is 1. The van der Waals surface area contributed by atoms with Gasteiger partial charge in [0.25, 0.3) is 0 Å². The molecule has 53 heavy (non-hydrogen) atoms. The average Bonchev–Trinajstić information content (AvgIpc) is 3.77. The van der Waals surface area contributed by atoms with E-state index in [9.17, 15) is 0 Å². The van der Waals surface area contributed by atoms with Gasteiger partial charge in [0, 0.05) is 53.6 Å². The molecule has 0 unspecified atom stereocenters. The molecule has 10 aromatic rings. The zero-order valence-electron chi connectivity index (χ0n) is 28.9. The highest BCUT2D eigenvalue weighted by atomic mass is 32.1. The highest BCUT2D eigenvalue weighted by Crippen LogP contribution is 2.43. The molecule has 2 aromatic heterocycles. The van der Waals surface area contributed by atoms with E-state index < -0.39 is 0 Å². The van der Waals surface area contributed by atoms with Crippen LogP contribution in [-0.4, -0.2) is 4.57 Å². The molecule has 2 heterocycles. The van der Waals surface area contributed by atoms with Gasteiger partial charge in [-0.2, -0.15) is 0 Å². The van der Waals surface area contributed by atoms with Crippen molar-refractivity contribution in [3.05, 3.63) is 199 Å². The first-order chi connectivity index (χ1) is 26.3. The van der Waals surface area contributed by atoms with Gasteiger partial charge in [-0.3, -0.25) is 0 Å². The predicted octanol–water partition coefficient (Wildman–Crippen LogP) is 14.4. The monoisotopic (exact) mass is 694 g/mol. The average molecular weight is 695 g/mol. The van der Waals surface area contributed by atoms with Crippen LogP contribution in [0.15, 0.2) is 188 Å². The van der Waals surface area contributed by atoms with Crippen LogP contribution in [-0.2, 0) is 0 Å². The van der Waals surface area contributed by atoms with Crippen LogP contribution in [0.1, 0.15) is 11.1 Å². The van der Waals surface area contributed by atoms with Gasteiger partial charge in [-0.15, -0.1) is 11.3 Å². The maximum absolute atomic E-state index is 3.77. The molecule has 1 N–H and O–H groups in total. The Morgan fingerprint density at radius 3 is 1.98 bits per heavy atom. The van der Waals surface area contributed by atoms with Gasteiger partial charge in [-0.25, -0.2) is 0 Å². The first-order valence-electron chi connectivity index (χ1n) is 18.0. The van der Waals surface area contributed by atoms with Gasteiger partial charge in [-0.05, 0) is 76.3 Å². The van der Waals surface area contributed by atoms with E-state index in [1.807, 2.05) is 11.3 Å². The van der Waals surface area contributed by atoms with E-state index in [1.165, 1.54) is 58.7 Å². The smallest absolute Gasteiger partial charge is 0.0634 e. The second-order valence-corrected chi connectivity index (χ2v) is 14.5. The van der Waals surface area contributed by atoms with Gasteiger partial charge >= 0.3 is 0 Å². The number of nitrogens with zero attached hydrogens (tertiary/aromatic N) is 1. The Labute approximate surface area is 312 Å². The lowest BCUT2D eigenvalue weighted by molar-refractivity contribution is 1.18. The van der Waals surface area contributed by atoms with Gasteiger partial charge in [-0.1, -0.05) is 152 Å². The third kappa shape index (κ3) is 5.59. The summed E-state index contributed by atoms with van der Waals surface area (Å²) in [6.07, 6.45) is 4.50. The Hall–Kier alpha value is -6.68. The zero-order chi connectivity index (χ0) is 35.1. The molecule has 0 aliphatic heterocycles. The fourth-order valence-corrected chi connectivity index (χ4v) is 8.96. The van der Waals surface area contributed by atoms with Gasteiger partial charge in [0.15, 0.2) is 0 Å². The maximum atomic E-state index is 3.77. The van der Waals surface area contributed by atoms with Crippen LogP contribution < -0.4 is 5.32 Å². The molecular weight excluding hydrogens is 661 g/mol. The van der Waals surface area contributed by atoms with Crippen LogP contribution in [0, 0.1) is 0 Å². The highest BCUT2D eigenvalue weighted by molar-refractivity contribution is 7.26. The molecule has 0 radical (unpaired) electrons. The number of rotatable bonds is 7. The molecule has 8 aromatic carbocycles. The third-order valence-corrected chi connectivity index (χ3v) is 11.4. The minimum Gasteiger partial charge on any atom is -0.355 e. The lowest BCUT2D eigenvalue weighted by Gasteiger charge is -2.17. The Kier molecular flexibility index (Phi) is 7.71. The SMILES string of the molecule is C(=C/c1c(Nc2ccccc2)ccc2c3ccccc3n(-c3cc(-c4ccccc4)cc(-c4cccc5c4sc4ccccc45)c3)c12)/c1ccccc1. The zero-order valence-corrected chi connectivity index (χ0v) is 29.7. The highest BCUT2D eigenvalue weighted by Gasteiger charge is 2.20. The number of anilines is 2. The lowest BCUT2D eigenvalue weighted by Crippen LogP contribution is -2.00. The number of fused-ring (bicyclic) bond motifs is 6. The minimum absolute atomic E-state index is 1.05. The second-order valence-electron chi connectivity index (χ2n) is 13.4. The number of thiophene rings is 1. The molecule has 0 spiro atoms. The lowest BCUT2D eigenvalue weighted by atomic mass is 9.96. The van der Waals surface area contributed by atoms with Crippen LogP contribution in [0.2, 0.25) is 0 Å². The van der Waals surface area contributed by atoms with Gasteiger partial charge in [0.1, 0.15) is 0 Å². The molecule has 10 rings (SSSR count). The fourth-order valence-electron chi connectivity index (χ4n) is 7.72. The van der Waals surface area contributed by atoms with Crippen molar-refractivity contribution in [3.8, 4) is 27.9 Å². The van der Waals surface area contributed by atoms with Crippen LogP contribution in [0.25, 0.3) is 82.1 Å². The van der Waals surface area contributed by atoms with Crippen molar-refractivity contribution in [1.82, 2.24) is 4.57 Å². The van der Waals surface area contributed by atoms with Gasteiger partial charge in [0.2, 0.25) is 0 Å². The van der Waals surface area contributed by atoms with Crippen molar-refractivity contribution in [2.24, 2.45) is 0 Å². The summed E-state index contributed by atoms with van der Waals surface area (Å²) in [6, 6.07) is 67.7. The number of nitrogens with one attached hydrogen (secondary N) is 1. The molecule has 3 heteroatoms. The molecule has 2 nitrogen and oxygen atoms in total. The van der Waals surface area contributed by atoms with Crippen LogP contribution in [0.5, 0.6) is 0 Å². The summed E-state index contributed by atoms with van der Waals surface area (Å²) in [5.74, 6) is 0. The molecule has 0 atom stereocenters. The standard InChI is InChI=1S/C50H34N2S/c1-4-15-34(16-5-1)27-28-45-46(51-38-19-8-3-9-20-38)30-29-43-41-21-10-12-25-47(41)52(49(43)45)39-32-36(35-17-6-2-7-18-35)31-37(33-39)40-23-14-24-44-42-22-11-13-26-48(42)53-50(40)44/h1-33,51H/b28-27-. The number of hydrogen-bond acceptors (Lipinski definition) is 2. The number of aromatic nitrogens is 1. The molecule has 0 aliphatic rings. The summed E-state index contributed by atoms with van der Waals surface area (Å²) in [5.41, 5.74) is 12.7. The molecule has 0 amide bonds. The van der Waals surface area contributed by atoms with Gasteiger partial charge in [0.05, 0.1) is 11.0 Å². The van der Waals surface area contributed by atoms with Crippen molar-refractivity contribution in [2.75, 3.05) is 5.32 Å². The van der Waals surface area contributed by atoms with E-state index in [1.54, 1.807) is 0 Å². The summed E-state index contributed by atoms with van der Waals surface area (Å²) >= 11 is 1.88. The normalized spacial score (nSPS) is 11.7. The minimum atomic E-state index is 1.05. The summed E-state index contributed by atoms with van der Waals surface area (Å²) in [7, 11) is 0. The first kappa shape index (κ1) is 31.1. The second kappa shape index (κ2) is 13.1. The predicted molar refractivity (Wildman–Crippen MR) is 230 cm³/mol. The molecular formula is C50H34N2S. The van der Waals surface area contributed by atoms with Crippen molar-refractivity contribution < 1.29 is 0 Å². The molecule has 0 saturated carbocycles. The van der Waals surface area contributed by atoms with E-state index in [-0.39, 0.29) is 0 Å². The van der Waals surface area contributed by atoms with E-state index in [0.717, 1.165) is 33.7 Å². The van der Waals surface area contributed by atoms with Crippen LogP contribution >= 0.6 is 11.3 Å². The molecule has 0 aliphatic carbocycles. The molecule has 0 saturated heterocycles. The Morgan fingerprint density at radius 1 is 0.472 bits per heavy atom. The van der Waals surface area contributed by atoms with E-state index in [0.29, 0.717) is 0 Å². The molecule has 250 valence electrons. The number of benzene rings is 8. The van der Waals surface area contributed by atoms with E-state index in [4.69, 9.17) is 0 Å². The molecule has 0 bridgehead atoms. The molecule has 0 fully saturated rings. The Balaban J connectivity index is 1.28. The Bertz CT molecular complexity index is 2950. The van der Waals surface area contributed by atoms with E-state index >= 15 is 0 Å². The van der Waals surface area contributed by atoms with Gasteiger partial charge < -0.3 is 9.88 Å². The topological polar surface area (TPSA) is 17.0 Å². The summed E-state index contributed by atoms with van der Waals surface area (Å²) in [5, 5.41) is 8.82.